The highest BCUT2D eigenvalue weighted by Crippen LogP contribution is 2.14. The molecule has 1 rings (SSSR count). The molecule has 0 heterocycles. The molecule has 0 fully saturated rings. The second kappa shape index (κ2) is 10.2. The van der Waals surface area contributed by atoms with Gasteiger partial charge in [-0.25, -0.2) is 0 Å². The third-order valence-corrected chi connectivity index (χ3v) is 3.77. The minimum absolute atomic E-state index is 0.535. The Hall–Kier alpha value is -0.670. The van der Waals surface area contributed by atoms with Crippen molar-refractivity contribution in [2.75, 3.05) is 24.7 Å². The molecular formula is C16H27NOS. The lowest BCUT2D eigenvalue weighted by Crippen LogP contribution is -2.28. The molecule has 2 nitrogen and oxygen atoms in total. The van der Waals surface area contributed by atoms with Gasteiger partial charge in [0.25, 0.3) is 0 Å². The van der Waals surface area contributed by atoms with E-state index in [-0.39, 0.29) is 0 Å². The van der Waals surface area contributed by atoms with Crippen molar-refractivity contribution in [2.45, 2.75) is 39.7 Å². The van der Waals surface area contributed by atoms with Crippen LogP contribution >= 0.6 is 11.8 Å². The Labute approximate surface area is 122 Å². The number of thioether (sulfide) groups is 1. The van der Waals surface area contributed by atoms with Crippen LogP contribution in [0.1, 0.15) is 32.8 Å². The van der Waals surface area contributed by atoms with Crippen molar-refractivity contribution in [1.29, 1.82) is 0 Å². The maximum Gasteiger partial charge on any atom is 0.119 e. The van der Waals surface area contributed by atoms with Crippen LogP contribution in [0.5, 0.6) is 5.75 Å². The lowest BCUT2D eigenvalue weighted by Gasteiger charge is -2.13. The summed E-state index contributed by atoms with van der Waals surface area (Å²) in [5.41, 5.74) is 1.37. The summed E-state index contributed by atoms with van der Waals surface area (Å²) in [7, 11) is 0. The molecule has 0 bridgehead atoms. The van der Waals surface area contributed by atoms with Crippen molar-refractivity contribution in [3.63, 3.8) is 0 Å². The fraction of sp³-hybridized carbons (Fsp3) is 0.625. The molecule has 1 N–H and O–H groups in total. The van der Waals surface area contributed by atoms with E-state index in [0.717, 1.165) is 36.8 Å². The van der Waals surface area contributed by atoms with Gasteiger partial charge in [0.05, 0.1) is 6.61 Å². The standard InChI is InChI=1S/C16H27NOS/c1-4-10-17-14(3)13-15-6-8-16(9-7-15)18-11-12-19-5-2/h6-9,14,17H,4-5,10-13H2,1-3H3. The maximum absolute atomic E-state index is 5.70. The molecule has 108 valence electrons. The van der Waals surface area contributed by atoms with Gasteiger partial charge in [0.2, 0.25) is 0 Å². The minimum Gasteiger partial charge on any atom is -0.493 e. The topological polar surface area (TPSA) is 21.3 Å². The van der Waals surface area contributed by atoms with Crippen molar-refractivity contribution in [3.05, 3.63) is 29.8 Å². The zero-order chi connectivity index (χ0) is 13.9. The van der Waals surface area contributed by atoms with Gasteiger partial charge in [-0.2, -0.15) is 11.8 Å². The van der Waals surface area contributed by atoms with E-state index < -0.39 is 0 Å². The molecule has 0 aromatic heterocycles. The van der Waals surface area contributed by atoms with Crippen molar-refractivity contribution < 1.29 is 4.74 Å². The summed E-state index contributed by atoms with van der Waals surface area (Å²) in [6, 6.07) is 9.04. The van der Waals surface area contributed by atoms with Crippen LogP contribution in [0.25, 0.3) is 0 Å². The number of ether oxygens (including phenoxy) is 1. The molecule has 1 unspecified atom stereocenters. The number of nitrogens with one attached hydrogen (secondary N) is 1. The van der Waals surface area contributed by atoms with E-state index in [0.29, 0.717) is 6.04 Å². The summed E-state index contributed by atoms with van der Waals surface area (Å²) in [6.45, 7) is 8.50. The van der Waals surface area contributed by atoms with Crippen molar-refractivity contribution in [2.24, 2.45) is 0 Å². The molecule has 1 atom stereocenters. The fourth-order valence-electron chi connectivity index (χ4n) is 1.90. The Kier molecular flexibility index (Phi) is 8.76. The Balaban J connectivity index is 2.30. The van der Waals surface area contributed by atoms with Crippen LogP contribution in [-0.4, -0.2) is 30.7 Å². The van der Waals surface area contributed by atoms with Gasteiger partial charge in [0.1, 0.15) is 5.75 Å². The first-order valence-electron chi connectivity index (χ1n) is 7.29. The summed E-state index contributed by atoms with van der Waals surface area (Å²) in [5, 5.41) is 3.51. The molecular weight excluding hydrogens is 254 g/mol. The van der Waals surface area contributed by atoms with Crippen molar-refractivity contribution in [3.8, 4) is 5.75 Å². The molecule has 1 aromatic rings. The predicted molar refractivity (Wildman–Crippen MR) is 86.4 cm³/mol. The van der Waals surface area contributed by atoms with E-state index in [1.807, 2.05) is 11.8 Å². The normalized spacial score (nSPS) is 12.4. The van der Waals surface area contributed by atoms with Crippen LogP contribution in [0.15, 0.2) is 24.3 Å². The second-order valence-electron chi connectivity index (χ2n) is 4.75. The molecule has 0 saturated carbocycles. The molecule has 0 aliphatic carbocycles. The number of rotatable bonds is 10. The van der Waals surface area contributed by atoms with Gasteiger partial charge in [-0.1, -0.05) is 26.0 Å². The zero-order valence-corrected chi connectivity index (χ0v) is 13.3. The van der Waals surface area contributed by atoms with Crippen molar-refractivity contribution in [1.82, 2.24) is 5.32 Å². The number of hydrogen-bond acceptors (Lipinski definition) is 3. The van der Waals surface area contributed by atoms with E-state index in [2.05, 4.69) is 50.4 Å². The van der Waals surface area contributed by atoms with E-state index >= 15 is 0 Å². The number of hydrogen-bond donors (Lipinski definition) is 1. The Bertz CT molecular complexity index is 326. The maximum atomic E-state index is 5.70. The van der Waals surface area contributed by atoms with Gasteiger partial charge < -0.3 is 10.1 Å². The summed E-state index contributed by atoms with van der Waals surface area (Å²) in [4.78, 5) is 0. The lowest BCUT2D eigenvalue weighted by molar-refractivity contribution is 0.344. The molecule has 0 radical (unpaired) electrons. The highest BCUT2D eigenvalue weighted by molar-refractivity contribution is 7.99. The van der Waals surface area contributed by atoms with Gasteiger partial charge in [-0.05, 0) is 49.8 Å². The zero-order valence-electron chi connectivity index (χ0n) is 12.4. The van der Waals surface area contributed by atoms with Gasteiger partial charge in [0.15, 0.2) is 0 Å². The highest BCUT2D eigenvalue weighted by atomic mass is 32.2. The van der Waals surface area contributed by atoms with Gasteiger partial charge in [0, 0.05) is 11.8 Å². The van der Waals surface area contributed by atoms with E-state index in [1.165, 1.54) is 12.0 Å². The lowest BCUT2D eigenvalue weighted by atomic mass is 10.1. The summed E-state index contributed by atoms with van der Waals surface area (Å²) >= 11 is 1.91. The predicted octanol–water partition coefficient (Wildman–Crippen LogP) is 3.75. The van der Waals surface area contributed by atoms with E-state index in [1.54, 1.807) is 0 Å². The highest BCUT2D eigenvalue weighted by Gasteiger charge is 2.02. The first-order valence-corrected chi connectivity index (χ1v) is 8.44. The Morgan fingerprint density at radius 1 is 1.21 bits per heavy atom. The first-order chi connectivity index (χ1) is 9.26. The molecule has 0 amide bonds. The second-order valence-corrected chi connectivity index (χ2v) is 6.14. The summed E-state index contributed by atoms with van der Waals surface area (Å²) in [5.74, 6) is 3.20. The quantitative estimate of drug-likeness (QED) is 0.660. The molecule has 0 spiro atoms. The molecule has 0 saturated heterocycles. The third-order valence-electron chi connectivity index (χ3n) is 2.91. The fourth-order valence-corrected chi connectivity index (χ4v) is 2.39. The van der Waals surface area contributed by atoms with Crippen LogP contribution in [0, 0.1) is 0 Å². The van der Waals surface area contributed by atoms with Gasteiger partial charge in [-0.3, -0.25) is 0 Å². The molecule has 0 aliphatic heterocycles. The smallest absolute Gasteiger partial charge is 0.119 e. The van der Waals surface area contributed by atoms with Crippen LogP contribution in [0.2, 0.25) is 0 Å². The molecule has 19 heavy (non-hydrogen) atoms. The minimum atomic E-state index is 0.535. The van der Waals surface area contributed by atoms with Crippen LogP contribution in [0.3, 0.4) is 0 Å². The number of benzene rings is 1. The largest absolute Gasteiger partial charge is 0.493 e. The first kappa shape index (κ1) is 16.4. The third kappa shape index (κ3) is 7.48. The van der Waals surface area contributed by atoms with Crippen molar-refractivity contribution >= 4 is 11.8 Å². The van der Waals surface area contributed by atoms with Crippen LogP contribution in [-0.2, 0) is 6.42 Å². The average Bonchev–Trinajstić information content (AvgIpc) is 2.43. The van der Waals surface area contributed by atoms with E-state index in [9.17, 15) is 0 Å². The van der Waals surface area contributed by atoms with Gasteiger partial charge >= 0.3 is 0 Å². The Morgan fingerprint density at radius 3 is 2.58 bits per heavy atom. The summed E-state index contributed by atoms with van der Waals surface area (Å²) in [6.07, 6.45) is 2.26. The van der Waals surface area contributed by atoms with Gasteiger partial charge in [-0.15, -0.1) is 0 Å². The van der Waals surface area contributed by atoms with E-state index in [4.69, 9.17) is 4.74 Å². The van der Waals surface area contributed by atoms with Crippen LogP contribution < -0.4 is 10.1 Å². The monoisotopic (exact) mass is 281 g/mol. The molecule has 1 aromatic carbocycles. The average molecular weight is 281 g/mol. The Morgan fingerprint density at radius 2 is 1.95 bits per heavy atom. The van der Waals surface area contributed by atoms with Crippen LogP contribution in [0.4, 0.5) is 0 Å². The summed E-state index contributed by atoms with van der Waals surface area (Å²) < 4.78 is 5.70. The molecule has 3 heteroatoms. The SMILES string of the molecule is CCCNC(C)Cc1ccc(OCCSCC)cc1. The molecule has 0 aliphatic rings.